The van der Waals surface area contributed by atoms with Crippen LogP contribution in [-0.2, 0) is 9.59 Å². The number of amides is 1. The van der Waals surface area contributed by atoms with Crippen molar-refractivity contribution in [3.05, 3.63) is 29.3 Å². The maximum absolute atomic E-state index is 12.4. The van der Waals surface area contributed by atoms with Crippen LogP contribution in [0.3, 0.4) is 0 Å². The predicted octanol–water partition coefficient (Wildman–Crippen LogP) is 1.50. The molecule has 0 saturated heterocycles. The number of anilines is 1. The number of hydrogen-bond donors (Lipinski definition) is 2. The van der Waals surface area contributed by atoms with Crippen LogP contribution in [0.25, 0.3) is 0 Å². The lowest BCUT2D eigenvalue weighted by atomic mass is 10.1. The highest BCUT2D eigenvalue weighted by Gasteiger charge is 2.51. The zero-order valence-corrected chi connectivity index (χ0v) is 11.1. The summed E-state index contributed by atoms with van der Waals surface area (Å²) in [5.41, 5.74) is 5.57. The van der Waals surface area contributed by atoms with Crippen molar-refractivity contribution < 1.29 is 14.7 Å². The number of benzene rings is 1. The van der Waals surface area contributed by atoms with Crippen LogP contribution in [0.1, 0.15) is 12.8 Å². The number of carboxylic acid groups (broad SMARTS) is 1. The minimum absolute atomic E-state index is 0.222. The van der Waals surface area contributed by atoms with Gasteiger partial charge in [0.1, 0.15) is 6.54 Å². The van der Waals surface area contributed by atoms with Gasteiger partial charge in [0.25, 0.3) is 0 Å². The van der Waals surface area contributed by atoms with Crippen molar-refractivity contribution in [3.8, 4) is 0 Å². The first kappa shape index (κ1) is 13.8. The summed E-state index contributed by atoms with van der Waals surface area (Å²) in [4.78, 5) is 24.6. The molecule has 19 heavy (non-hydrogen) atoms. The summed E-state index contributed by atoms with van der Waals surface area (Å²) in [5, 5.41) is 9.49. The molecule has 1 fully saturated rings. The van der Waals surface area contributed by atoms with Crippen LogP contribution in [0.4, 0.5) is 5.69 Å². The monoisotopic (exact) mass is 282 g/mol. The van der Waals surface area contributed by atoms with E-state index in [1.54, 1.807) is 24.3 Å². The first-order valence-corrected chi connectivity index (χ1v) is 6.36. The summed E-state index contributed by atoms with van der Waals surface area (Å²) >= 11 is 5.79. The molecule has 0 spiro atoms. The van der Waals surface area contributed by atoms with Crippen molar-refractivity contribution in [2.75, 3.05) is 18.0 Å². The van der Waals surface area contributed by atoms with Gasteiger partial charge >= 0.3 is 5.97 Å². The Morgan fingerprint density at radius 2 is 1.89 bits per heavy atom. The molecule has 102 valence electrons. The number of rotatable bonds is 5. The average Bonchev–Trinajstić information content (AvgIpc) is 3.17. The number of aliphatic carboxylic acids is 1. The molecule has 1 aromatic rings. The van der Waals surface area contributed by atoms with Gasteiger partial charge in [-0.2, -0.15) is 0 Å². The van der Waals surface area contributed by atoms with Gasteiger partial charge in [0.2, 0.25) is 5.91 Å². The minimum atomic E-state index is -1.06. The van der Waals surface area contributed by atoms with Gasteiger partial charge in [-0.1, -0.05) is 11.6 Å². The zero-order valence-electron chi connectivity index (χ0n) is 10.3. The van der Waals surface area contributed by atoms with Gasteiger partial charge in [0.05, 0.1) is 5.41 Å². The molecule has 1 saturated carbocycles. The molecule has 1 amide bonds. The van der Waals surface area contributed by atoms with Gasteiger partial charge in [-0.15, -0.1) is 0 Å². The number of hydrogen-bond acceptors (Lipinski definition) is 3. The standard InChI is InChI=1S/C13H15ClN2O3/c14-9-1-3-10(4-2-9)16(7-11(17)18)12(19)13(8-15)5-6-13/h1-4H,5-8,15H2,(H,17,18). The van der Waals surface area contributed by atoms with E-state index in [2.05, 4.69) is 0 Å². The van der Waals surface area contributed by atoms with Crippen molar-refractivity contribution in [1.29, 1.82) is 0 Å². The number of halogens is 1. The summed E-state index contributed by atoms with van der Waals surface area (Å²) in [7, 11) is 0. The Bertz CT molecular complexity index is 497. The Labute approximate surface area is 116 Å². The third-order valence-electron chi connectivity index (χ3n) is 3.37. The summed E-state index contributed by atoms with van der Waals surface area (Å²) in [5.74, 6) is -1.28. The Hall–Kier alpha value is -1.59. The molecule has 3 N–H and O–H groups in total. The molecule has 5 nitrogen and oxygen atoms in total. The van der Waals surface area contributed by atoms with Gasteiger partial charge < -0.3 is 15.7 Å². The van der Waals surface area contributed by atoms with E-state index in [0.29, 0.717) is 23.6 Å². The van der Waals surface area contributed by atoms with E-state index in [1.807, 2.05) is 0 Å². The molecule has 1 aliphatic carbocycles. The number of nitrogens with two attached hydrogens (primary N) is 1. The van der Waals surface area contributed by atoms with E-state index < -0.39 is 11.4 Å². The number of nitrogens with zero attached hydrogens (tertiary/aromatic N) is 1. The molecule has 2 rings (SSSR count). The van der Waals surface area contributed by atoms with E-state index in [-0.39, 0.29) is 19.0 Å². The van der Waals surface area contributed by atoms with E-state index in [9.17, 15) is 9.59 Å². The lowest BCUT2D eigenvalue weighted by molar-refractivity contribution is -0.137. The Kier molecular flexibility index (Phi) is 3.78. The van der Waals surface area contributed by atoms with Crippen molar-refractivity contribution >= 4 is 29.2 Å². The van der Waals surface area contributed by atoms with Gasteiger partial charge in [0.15, 0.2) is 0 Å². The van der Waals surface area contributed by atoms with Crippen LogP contribution in [0.2, 0.25) is 5.02 Å². The summed E-state index contributed by atoms with van der Waals surface area (Å²) < 4.78 is 0. The molecule has 0 bridgehead atoms. The highest BCUT2D eigenvalue weighted by molar-refractivity contribution is 6.30. The quantitative estimate of drug-likeness (QED) is 0.857. The summed E-state index contributed by atoms with van der Waals surface area (Å²) in [6.07, 6.45) is 1.43. The molecule has 1 aromatic carbocycles. The molecular weight excluding hydrogens is 268 g/mol. The van der Waals surface area contributed by atoms with Gasteiger partial charge in [-0.25, -0.2) is 0 Å². The molecule has 0 unspecified atom stereocenters. The largest absolute Gasteiger partial charge is 0.480 e. The minimum Gasteiger partial charge on any atom is -0.480 e. The molecule has 0 radical (unpaired) electrons. The smallest absolute Gasteiger partial charge is 0.323 e. The second-order valence-electron chi connectivity index (χ2n) is 4.75. The van der Waals surface area contributed by atoms with Gasteiger partial charge in [0, 0.05) is 17.3 Å². The highest BCUT2D eigenvalue weighted by atomic mass is 35.5. The number of carboxylic acids is 1. The molecule has 1 aliphatic rings. The fourth-order valence-electron chi connectivity index (χ4n) is 1.98. The van der Waals surface area contributed by atoms with Crippen molar-refractivity contribution in [2.24, 2.45) is 11.1 Å². The van der Waals surface area contributed by atoms with Gasteiger partial charge in [-0.05, 0) is 37.1 Å². The lowest BCUT2D eigenvalue weighted by Gasteiger charge is -2.25. The third kappa shape index (κ3) is 2.88. The van der Waals surface area contributed by atoms with Crippen molar-refractivity contribution in [3.63, 3.8) is 0 Å². The summed E-state index contributed by atoms with van der Waals surface area (Å²) in [6, 6.07) is 6.52. The molecular formula is C13H15ClN2O3. The Morgan fingerprint density at radius 1 is 1.32 bits per heavy atom. The average molecular weight is 283 g/mol. The lowest BCUT2D eigenvalue weighted by Crippen LogP contribution is -2.43. The SMILES string of the molecule is NCC1(C(=O)N(CC(=O)O)c2ccc(Cl)cc2)CC1. The van der Waals surface area contributed by atoms with E-state index in [4.69, 9.17) is 22.4 Å². The molecule has 0 aliphatic heterocycles. The van der Waals surface area contributed by atoms with E-state index in [1.165, 1.54) is 4.90 Å². The highest BCUT2D eigenvalue weighted by Crippen LogP contribution is 2.46. The Morgan fingerprint density at radius 3 is 2.32 bits per heavy atom. The molecule has 0 heterocycles. The van der Waals surface area contributed by atoms with Crippen LogP contribution in [0, 0.1) is 5.41 Å². The normalized spacial score (nSPS) is 15.9. The molecule has 0 atom stereocenters. The first-order valence-electron chi connectivity index (χ1n) is 5.98. The van der Waals surface area contributed by atoms with Crippen LogP contribution in [0.5, 0.6) is 0 Å². The maximum Gasteiger partial charge on any atom is 0.323 e. The fraction of sp³-hybridized carbons (Fsp3) is 0.385. The molecule has 0 aromatic heterocycles. The second kappa shape index (κ2) is 5.19. The third-order valence-corrected chi connectivity index (χ3v) is 3.63. The van der Waals surface area contributed by atoms with E-state index in [0.717, 1.165) is 0 Å². The number of carbonyl (C=O) groups is 2. The Balaban J connectivity index is 2.28. The first-order chi connectivity index (χ1) is 8.98. The van der Waals surface area contributed by atoms with E-state index >= 15 is 0 Å². The van der Waals surface area contributed by atoms with Crippen LogP contribution >= 0.6 is 11.6 Å². The topological polar surface area (TPSA) is 83.6 Å². The van der Waals surface area contributed by atoms with Crippen LogP contribution in [-0.4, -0.2) is 30.1 Å². The van der Waals surface area contributed by atoms with Crippen molar-refractivity contribution in [2.45, 2.75) is 12.8 Å². The second-order valence-corrected chi connectivity index (χ2v) is 5.18. The van der Waals surface area contributed by atoms with Crippen LogP contribution < -0.4 is 10.6 Å². The zero-order chi connectivity index (χ0) is 14.0. The summed E-state index contributed by atoms with van der Waals surface area (Å²) in [6.45, 7) is -0.127. The maximum atomic E-state index is 12.4. The fourth-order valence-corrected chi connectivity index (χ4v) is 2.11. The van der Waals surface area contributed by atoms with Gasteiger partial charge in [-0.3, -0.25) is 9.59 Å². The van der Waals surface area contributed by atoms with Crippen molar-refractivity contribution in [1.82, 2.24) is 0 Å². The molecule has 6 heteroatoms. The predicted molar refractivity (Wildman–Crippen MR) is 72.2 cm³/mol. The van der Waals surface area contributed by atoms with Crippen LogP contribution in [0.15, 0.2) is 24.3 Å². The number of carbonyl (C=O) groups excluding carboxylic acids is 1.